The van der Waals surface area contributed by atoms with Crippen LogP contribution in [0.3, 0.4) is 0 Å². The number of hydrogen-bond donors (Lipinski definition) is 0. The van der Waals surface area contributed by atoms with E-state index in [1.54, 1.807) is 0 Å². The van der Waals surface area contributed by atoms with Gasteiger partial charge in [0.25, 0.3) is 0 Å². The molecule has 0 radical (unpaired) electrons. The Morgan fingerprint density at radius 2 is 1.04 bits per heavy atom. The van der Waals surface area contributed by atoms with Gasteiger partial charge < -0.3 is 0 Å². The second kappa shape index (κ2) is 7.13. The number of hydrogen-bond acceptors (Lipinski definition) is 0. The van der Waals surface area contributed by atoms with E-state index in [4.69, 9.17) is 11.6 Å². The van der Waals surface area contributed by atoms with Crippen molar-refractivity contribution in [3.05, 3.63) is 107 Å². The van der Waals surface area contributed by atoms with Gasteiger partial charge >= 0.3 is 0 Å². The Balaban J connectivity index is 1.68. The molecule has 0 aliphatic heterocycles. The summed E-state index contributed by atoms with van der Waals surface area (Å²) in [4.78, 5) is 0. The molecule has 0 bridgehead atoms. The third-order valence-corrected chi connectivity index (χ3v) is 4.89. The van der Waals surface area contributed by atoms with Crippen molar-refractivity contribution in [2.75, 3.05) is 0 Å². The van der Waals surface area contributed by atoms with Crippen LogP contribution in [0, 0.1) is 0 Å². The first-order chi connectivity index (χ1) is 12.3. The molecule has 3 aromatic rings. The highest BCUT2D eigenvalue weighted by Gasteiger charge is 2.11. The molecule has 1 aliphatic carbocycles. The molecule has 0 unspecified atom stereocenters. The molecule has 0 aromatic heterocycles. The maximum Gasteiger partial charge on any atom is 0.0418 e. The summed E-state index contributed by atoms with van der Waals surface area (Å²) in [5.74, 6) is 0. The first-order valence-corrected chi connectivity index (χ1v) is 8.99. The Morgan fingerprint density at radius 3 is 1.64 bits per heavy atom. The van der Waals surface area contributed by atoms with Crippen LogP contribution in [0.25, 0.3) is 22.3 Å². The lowest BCUT2D eigenvalue weighted by Gasteiger charge is -2.16. The average molecular weight is 343 g/mol. The van der Waals surface area contributed by atoms with Gasteiger partial charge in [-0.25, -0.2) is 0 Å². The van der Waals surface area contributed by atoms with Gasteiger partial charge in [-0.15, -0.1) is 0 Å². The summed E-state index contributed by atoms with van der Waals surface area (Å²) < 4.78 is 0. The van der Waals surface area contributed by atoms with E-state index < -0.39 is 0 Å². The maximum atomic E-state index is 6.40. The van der Waals surface area contributed by atoms with Crippen LogP contribution < -0.4 is 0 Å². The second-order valence-corrected chi connectivity index (χ2v) is 6.78. The average Bonchev–Trinajstić information content (AvgIpc) is 2.69. The van der Waals surface area contributed by atoms with Crippen LogP contribution >= 0.6 is 11.6 Å². The van der Waals surface area contributed by atoms with Crippen molar-refractivity contribution in [1.82, 2.24) is 0 Å². The molecular formula is C24H19Cl. The fourth-order valence-corrected chi connectivity index (χ4v) is 3.58. The van der Waals surface area contributed by atoms with Crippen molar-refractivity contribution in [2.24, 2.45) is 0 Å². The molecule has 0 saturated heterocycles. The molecule has 0 fully saturated rings. The number of allylic oxidation sites excluding steroid dienone is 4. The number of rotatable bonds is 3. The molecule has 1 heteroatoms. The SMILES string of the molecule is Clc1cc(C2=CC=C(c3ccccc3)CC2)cc(-c2ccccc2)c1. The van der Waals surface area contributed by atoms with Crippen molar-refractivity contribution >= 4 is 22.7 Å². The summed E-state index contributed by atoms with van der Waals surface area (Å²) in [5, 5.41) is 0.787. The van der Waals surface area contributed by atoms with Crippen molar-refractivity contribution in [3.63, 3.8) is 0 Å². The largest absolute Gasteiger partial charge is 0.0843 e. The van der Waals surface area contributed by atoms with E-state index in [1.165, 1.54) is 33.4 Å². The Kier molecular flexibility index (Phi) is 4.54. The first-order valence-electron chi connectivity index (χ1n) is 8.61. The van der Waals surface area contributed by atoms with Crippen LogP contribution in [0.2, 0.25) is 5.02 Å². The van der Waals surface area contributed by atoms with Gasteiger partial charge in [-0.05, 0) is 64.4 Å². The molecule has 4 rings (SSSR count). The lowest BCUT2D eigenvalue weighted by molar-refractivity contribution is 1.07. The molecule has 3 aromatic carbocycles. The molecule has 0 heterocycles. The Labute approximate surface area is 154 Å². The Hall–Kier alpha value is -2.57. The standard InChI is InChI=1S/C24H19Cl/c25-24-16-22(19-9-5-2-6-10-19)15-23(17-24)21-13-11-20(12-14-21)18-7-3-1-4-8-18/h1-11,13,15-17H,12,14H2. The quantitative estimate of drug-likeness (QED) is 0.469. The fourth-order valence-electron chi connectivity index (χ4n) is 3.34. The van der Waals surface area contributed by atoms with E-state index in [9.17, 15) is 0 Å². The molecule has 0 nitrogen and oxygen atoms in total. The molecule has 0 saturated carbocycles. The first kappa shape index (κ1) is 15.9. The Bertz CT molecular complexity index is 934. The van der Waals surface area contributed by atoms with E-state index in [-0.39, 0.29) is 0 Å². The van der Waals surface area contributed by atoms with Crippen molar-refractivity contribution in [3.8, 4) is 11.1 Å². The monoisotopic (exact) mass is 342 g/mol. The lowest BCUT2D eigenvalue weighted by Crippen LogP contribution is -1.94. The zero-order chi connectivity index (χ0) is 17.1. The summed E-state index contributed by atoms with van der Waals surface area (Å²) in [5.41, 5.74) is 7.64. The molecular weight excluding hydrogens is 324 g/mol. The van der Waals surface area contributed by atoms with Crippen LogP contribution in [0.5, 0.6) is 0 Å². The van der Waals surface area contributed by atoms with Crippen molar-refractivity contribution in [2.45, 2.75) is 12.8 Å². The van der Waals surface area contributed by atoms with Crippen LogP contribution in [-0.2, 0) is 0 Å². The predicted octanol–water partition coefficient (Wildman–Crippen LogP) is 7.27. The summed E-state index contributed by atoms with van der Waals surface area (Å²) in [6.07, 6.45) is 6.59. The molecule has 0 amide bonds. The van der Waals surface area contributed by atoms with Gasteiger partial charge in [0.15, 0.2) is 0 Å². The minimum Gasteiger partial charge on any atom is -0.0843 e. The lowest BCUT2D eigenvalue weighted by atomic mass is 9.89. The highest BCUT2D eigenvalue weighted by atomic mass is 35.5. The normalized spacial score (nSPS) is 14.0. The summed E-state index contributed by atoms with van der Waals surface area (Å²) in [6.45, 7) is 0. The van der Waals surface area contributed by atoms with Gasteiger partial charge in [0.2, 0.25) is 0 Å². The van der Waals surface area contributed by atoms with Gasteiger partial charge in [0.05, 0.1) is 0 Å². The van der Waals surface area contributed by atoms with Crippen LogP contribution in [0.4, 0.5) is 0 Å². The molecule has 0 spiro atoms. The van der Waals surface area contributed by atoms with Gasteiger partial charge in [-0.2, -0.15) is 0 Å². The zero-order valence-corrected chi connectivity index (χ0v) is 14.7. The van der Waals surface area contributed by atoms with E-state index >= 15 is 0 Å². The highest BCUT2D eigenvalue weighted by Crippen LogP contribution is 2.34. The number of benzene rings is 3. The van der Waals surface area contributed by atoms with E-state index in [0.29, 0.717) is 0 Å². The Morgan fingerprint density at radius 1 is 0.520 bits per heavy atom. The topological polar surface area (TPSA) is 0 Å². The smallest absolute Gasteiger partial charge is 0.0418 e. The predicted molar refractivity (Wildman–Crippen MR) is 109 cm³/mol. The fraction of sp³-hybridized carbons (Fsp3) is 0.0833. The van der Waals surface area contributed by atoms with Crippen LogP contribution in [-0.4, -0.2) is 0 Å². The van der Waals surface area contributed by atoms with Crippen LogP contribution in [0.15, 0.2) is 91.0 Å². The van der Waals surface area contributed by atoms with Gasteiger partial charge in [0, 0.05) is 5.02 Å². The number of halogens is 1. The zero-order valence-electron chi connectivity index (χ0n) is 14.0. The van der Waals surface area contributed by atoms with Gasteiger partial charge in [-0.1, -0.05) is 84.4 Å². The second-order valence-electron chi connectivity index (χ2n) is 6.34. The van der Waals surface area contributed by atoms with E-state index in [0.717, 1.165) is 17.9 Å². The van der Waals surface area contributed by atoms with Crippen molar-refractivity contribution < 1.29 is 0 Å². The molecule has 1 aliphatic rings. The van der Waals surface area contributed by atoms with Crippen molar-refractivity contribution in [1.29, 1.82) is 0 Å². The summed E-state index contributed by atoms with van der Waals surface area (Å²) in [6, 6.07) is 27.4. The molecule has 122 valence electrons. The molecule has 25 heavy (non-hydrogen) atoms. The third-order valence-electron chi connectivity index (χ3n) is 4.67. The maximum absolute atomic E-state index is 6.40. The van der Waals surface area contributed by atoms with Gasteiger partial charge in [-0.3, -0.25) is 0 Å². The van der Waals surface area contributed by atoms with E-state index in [2.05, 4.69) is 78.9 Å². The third kappa shape index (κ3) is 3.60. The molecule has 0 atom stereocenters. The highest BCUT2D eigenvalue weighted by molar-refractivity contribution is 6.31. The molecule has 0 N–H and O–H groups in total. The van der Waals surface area contributed by atoms with Gasteiger partial charge in [0.1, 0.15) is 0 Å². The minimum atomic E-state index is 0.787. The van der Waals surface area contributed by atoms with E-state index in [1.807, 2.05) is 12.1 Å². The summed E-state index contributed by atoms with van der Waals surface area (Å²) >= 11 is 6.40. The minimum absolute atomic E-state index is 0.787. The van der Waals surface area contributed by atoms with Crippen LogP contribution in [0.1, 0.15) is 24.0 Å². The summed E-state index contributed by atoms with van der Waals surface area (Å²) in [7, 11) is 0.